The van der Waals surface area contributed by atoms with Crippen LogP contribution < -0.4 is 10.6 Å². The van der Waals surface area contributed by atoms with E-state index in [9.17, 15) is 18.0 Å². The van der Waals surface area contributed by atoms with Crippen LogP contribution in [0.4, 0.5) is 23.7 Å². The molecule has 2 heterocycles. The van der Waals surface area contributed by atoms with Crippen LogP contribution in [-0.4, -0.2) is 35.9 Å². The van der Waals surface area contributed by atoms with Gasteiger partial charge in [0.2, 0.25) is 0 Å². The number of aliphatic carboxylic acids is 1. The molecule has 132 valence electrons. The van der Waals surface area contributed by atoms with Crippen molar-refractivity contribution in [2.75, 3.05) is 11.9 Å². The number of carboxylic acids is 1. The van der Waals surface area contributed by atoms with Gasteiger partial charge in [-0.05, 0) is 19.5 Å². The van der Waals surface area contributed by atoms with Gasteiger partial charge in [-0.1, -0.05) is 18.2 Å². The second-order valence-corrected chi connectivity index (χ2v) is 5.67. The third-order valence-electron chi connectivity index (χ3n) is 3.84. The monoisotopic (exact) mass is 346 g/mol. The van der Waals surface area contributed by atoms with E-state index >= 15 is 0 Å². The minimum atomic E-state index is -5.08. The van der Waals surface area contributed by atoms with Gasteiger partial charge in [-0.25, -0.2) is 9.59 Å². The fourth-order valence-corrected chi connectivity index (χ4v) is 2.88. The number of nitrogens with one attached hydrogen (secondary N) is 2. The van der Waals surface area contributed by atoms with Crippen LogP contribution in [0.3, 0.4) is 0 Å². The van der Waals surface area contributed by atoms with Crippen molar-refractivity contribution in [3.05, 3.63) is 29.8 Å². The largest absolute Gasteiger partial charge is 0.490 e. The van der Waals surface area contributed by atoms with Crippen LogP contribution in [-0.2, 0) is 15.1 Å². The van der Waals surface area contributed by atoms with E-state index in [1.54, 1.807) is 0 Å². The lowest BCUT2D eigenvalue weighted by Gasteiger charge is -2.43. The van der Waals surface area contributed by atoms with Crippen LogP contribution in [0, 0.1) is 0 Å². The lowest BCUT2D eigenvalue weighted by Crippen LogP contribution is -2.50. The van der Waals surface area contributed by atoms with Gasteiger partial charge in [0.1, 0.15) is 5.60 Å². The molecule has 9 heteroatoms. The molecule has 3 N–H and O–H groups in total. The molecule has 0 aromatic heterocycles. The highest BCUT2D eigenvalue weighted by molar-refractivity contribution is 5.88. The van der Waals surface area contributed by atoms with E-state index in [4.69, 9.17) is 14.6 Å². The topological polar surface area (TPSA) is 87.7 Å². The predicted molar refractivity (Wildman–Crippen MR) is 78.6 cm³/mol. The Kier molecular flexibility index (Phi) is 5.02. The zero-order valence-corrected chi connectivity index (χ0v) is 12.8. The number of hydrogen-bond acceptors (Lipinski definition) is 4. The summed E-state index contributed by atoms with van der Waals surface area (Å²) in [7, 11) is 0. The molecule has 1 fully saturated rings. The van der Waals surface area contributed by atoms with Crippen molar-refractivity contribution in [1.29, 1.82) is 0 Å². The van der Waals surface area contributed by atoms with Crippen LogP contribution in [0.25, 0.3) is 0 Å². The SMILES string of the molecule is CC1CC2(CCN1)OC(=O)Nc1ccccc12.O=C(O)C(F)(F)F. The molecule has 1 saturated heterocycles. The molecule has 2 aliphatic rings. The highest BCUT2D eigenvalue weighted by atomic mass is 19.4. The Hall–Kier alpha value is -2.29. The van der Waals surface area contributed by atoms with Crippen LogP contribution >= 0.6 is 0 Å². The quantitative estimate of drug-likeness (QED) is 0.672. The number of halogens is 3. The normalized spacial score (nSPS) is 25.7. The molecule has 6 nitrogen and oxygen atoms in total. The van der Waals surface area contributed by atoms with Crippen molar-refractivity contribution in [1.82, 2.24) is 5.32 Å². The molecule has 1 amide bonds. The second-order valence-electron chi connectivity index (χ2n) is 5.67. The molecule has 0 saturated carbocycles. The molecule has 1 spiro atoms. The van der Waals surface area contributed by atoms with Gasteiger partial charge in [0, 0.05) is 24.4 Å². The number of para-hydroxylation sites is 1. The molecule has 0 radical (unpaired) electrons. The minimum absolute atomic E-state index is 0.335. The third-order valence-corrected chi connectivity index (χ3v) is 3.84. The number of carbonyl (C=O) groups is 2. The summed E-state index contributed by atoms with van der Waals surface area (Å²) in [6, 6.07) is 8.27. The first-order valence-electron chi connectivity index (χ1n) is 7.27. The zero-order chi connectivity index (χ0) is 18.0. The summed E-state index contributed by atoms with van der Waals surface area (Å²) in [6.07, 6.45) is -3.75. The number of piperidine rings is 1. The number of anilines is 1. The van der Waals surface area contributed by atoms with Gasteiger partial charge in [-0.2, -0.15) is 13.2 Å². The molecule has 2 unspecified atom stereocenters. The Morgan fingerprint density at radius 3 is 2.58 bits per heavy atom. The van der Waals surface area contributed by atoms with Crippen molar-refractivity contribution in [2.24, 2.45) is 0 Å². The Labute approximate surface area is 136 Å². The van der Waals surface area contributed by atoms with Gasteiger partial charge in [-0.3, -0.25) is 5.32 Å². The van der Waals surface area contributed by atoms with E-state index in [-0.39, 0.29) is 6.09 Å². The first-order valence-corrected chi connectivity index (χ1v) is 7.27. The molecular weight excluding hydrogens is 329 g/mol. The number of ether oxygens (including phenoxy) is 1. The lowest BCUT2D eigenvalue weighted by atomic mass is 9.80. The summed E-state index contributed by atoms with van der Waals surface area (Å²) in [4.78, 5) is 20.5. The van der Waals surface area contributed by atoms with Crippen molar-refractivity contribution in [3.63, 3.8) is 0 Å². The summed E-state index contributed by atoms with van der Waals surface area (Å²) in [5.74, 6) is -2.76. The molecular formula is C15H17F3N2O4. The number of alkyl halides is 3. The summed E-state index contributed by atoms with van der Waals surface area (Å²) in [5, 5.41) is 13.3. The smallest absolute Gasteiger partial charge is 0.475 e. The van der Waals surface area contributed by atoms with Crippen LogP contribution in [0.2, 0.25) is 0 Å². The zero-order valence-electron chi connectivity index (χ0n) is 12.8. The number of carbonyl (C=O) groups excluding carboxylic acids is 1. The van der Waals surface area contributed by atoms with Crippen LogP contribution in [0.5, 0.6) is 0 Å². The van der Waals surface area contributed by atoms with Gasteiger partial charge < -0.3 is 15.2 Å². The van der Waals surface area contributed by atoms with Crippen LogP contribution in [0.15, 0.2) is 24.3 Å². The highest BCUT2D eigenvalue weighted by Gasteiger charge is 2.44. The van der Waals surface area contributed by atoms with Crippen LogP contribution in [0.1, 0.15) is 25.3 Å². The first-order chi connectivity index (χ1) is 11.1. The van der Waals surface area contributed by atoms with Crippen molar-refractivity contribution in [3.8, 4) is 0 Å². The van der Waals surface area contributed by atoms with Gasteiger partial charge in [0.15, 0.2) is 0 Å². The molecule has 0 aliphatic carbocycles. The van der Waals surface area contributed by atoms with E-state index in [1.807, 2.05) is 24.3 Å². The average Bonchev–Trinajstić information content (AvgIpc) is 2.46. The average molecular weight is 346 g/mol. The predicted octanol–water partition coefficient (Wildman–Crippen LogP) is 2.85. The number of rotatable bonds is 0. The van der Waals surface area contributed by atoms with Crippen molar-refractivity contribution >= 4 is 17.7 Å². The third kappa shape index (κ3) is 3.97. The van der Waals surface area contributed by atoms with E-state index in [2.05, 4.69) is 17.6 Å². The maximum Gasteiger partial charge on any atom is 0.490 e. The summed E-state index contributed by atoms with van der Waals surface area (Å²) >= 11 is 0. The summed E-state index contributed by atoms with van der Waals surface area (Å²) in [5.41, 5.74) is 1.55. The fourth-order valence-electron chi connectivity index (χ4n) is 2.88. The van der Waals surface area contributed by atoms with Gasteiger partial charge in [0.25, 0.3) is 0 Å². The van der Waals surface area contributed by atoms with Gasteiger partial charge >= 0.3 is 18.2 Å². The summed E-state index contributed by atoms with van der Waals surface area (Å²) < 4.78 is 37.4. The first kappa shape index (κ1) is 18.1. The van der Waals surface area contributed by atoms with Crippen molar-refractivity contribution in [2.45, 2.75) is 37.6 Å². The van der Waals surface area contributed by atoms with E-state index in [1.165, 1.54) is 0 Å². The van der Waals surface area contributed by atoms with E-state index < -0.39 is 17.7 Å². The van der Waals surface area contributed by atoms with E-state index in [0.717, 1.165) is 30.6 Å². The number of benzene rings is 1. The number of carboxylic acid groups (broad SMARTS) is 1. The Morgan fingerprint density at radius 2 is 2.00 bits per heavy atom. The fraction of sp³-hybridized carbons (Fsp3) is 0.467. The molecule has 2 atom stereocenters. The van der Waals surface area contributed by atoms with E-state index in [0.29, 0.717) is 6.04 Å². The second kappa shape index (κ2) is 6.68. The Balaban J connectivity index is 0.000000256. The maximum atomic E-state index is 11.7. The standard InChI is InChI=1S/C13H16N2O2.C2HF3O2/c1-9-8-13(6-7-14-9)10-4-2-3-5-11(10)15-12(16)17-13;3-2(4,5)1(6)7/h2-5,9,14H,6-8H2,1H3,(H,15,16);(H,6,7). The molecule has 24 heavy (non-hydrogen) atoms. The van der Waals surface area contributed by atoms with Crippen molar-refractivity contribution < 1.29 is 32.6 Å². The molecule has 3 rings (SSSR count). The molecule has 1 aromatic rings. The Bertz CT molecular complexity index is 635. The number of fused-ring (bicyclic) bond motifs is 2. The maximum absolute atomic E-state index is 11.7. The minimum Gasteiger partial charge on any atom is -0.475 e. The molecule has 2 aliphatic heterocycles. The van der Waals surface area contributed by atoms with Gasteiger partial charge in [0.05, 0.1) is 5.69 Å². The Morgan fingerprint density at radius 1 is 1.38 bits per heavy atom. The lowest BCUT2D eigenvalue weighted by molar-refractivity contribution is -0.192. The number of amides is 1. The highest BCUT2D eigenvalue weighted by Crippen LogP contribution is 2.43. The molecule has 0 bridgehead atoms. The molecule has 1 aromatic carbocycles. The summed E-state index contributed by atoms with van der Waals surface area (Å²) in [6.45, 7) is 3.00. The number of hydrogen-bond donors (Lipinski definition) is 3. The van der Waals surface area contributed by atoms with Gasteiger partial charge in [-0.15, -0.1) is 0 Å².